The van der Waals surface area contributed by atoms with E-state index in [1.54, 1.807) is 24.3 Å². The summed E-state index contributed by atoms with van der Waals surface area (Å²) in [4.78, 5) is 38.0. The van der Waals surface area contributed by atoms with Crippen LogP contribution in [0, 0.1) is 0 Å². The number of nitrogens with zero attached hydrogens (tertiary/aromatic N) is 1. The van der Waals surface area contributed by atoms with Crippen molar-refractivity contribution < 1.29 is 32.3 Å². The average molecular weight is 432 g/mol. The fraction of sp³-hybridized carbons (Fsp3) is 0.250. The zero-order chi connectivity index (χ0) is 21.9. The van der Waals surface area contributed by atoms with Crippen LogP contribution < -0.4 is 9.46 Å². The lowest BCUT2D eigenvalue weighted by Crippen LogP contribution is -2.44. The van der Waals surface area contributed by atoms with Crippen molar-refractivity contribution in [1.29, 1.82) is 0 Å². The van der Waals surface area contributed by atoms with Gasteiger partial charge in [-0.25, -0.2) is 8.42 Å². The van der Waals surface area contributed by atoms with E-state index in [-0.39, 0.29) is 29.0 Å². The van der Waals surface area contributed by atoms with Crippen LogP contribution in [0.4, 0.5) is 0 Å². The molecule has 0 spiro atoms. The van der Waals surface area contributed by atoms with Gasteiger partial charge in [-0.1, -0.05) is 12.1 Å². The second-order valence-electron chi connectivity index (χ2n) is 6.47. The molecule has 0 saturated carbocycles. The van der Waals surface area contributed by atoms with Gasteiger partial charge in [-0.05, 0) is 42.8 Å². The highest BCUT2D eigenvalue weighted by Crippen LogP contribution is 2.23. The van der Waals surface area contributed by atoms with E-state index in [0.717, 1.165) is 12.0 Å². The number of ether oxygens (including phenoxy) is 2. The molecule has 1 atom stereocenters. The van der Waals surface area contributed by atoms with Crippen molar-refractivity contribution in [3.05, 3.63) is 59.7 Å². The minimum atomic E-state index is -4.06. The highest BCUT2D eigenvalue weighted by atomic mass is 32.2. The fourth-order valence-corrected chi connectivity index (χ4v) is 4.30. The normalized spacial score (nSPS) is 14.4. The van der Waals surface area contributed by atoms with Gasteiger partial charge in [0, 0.05) is 6.54 Å². The summed E-state index contributed by atoms with van der Waals surface area (Å²) in [5.41, 5.74) is 0.548. The molecule has 1 N–H and O–H groups in total. The summed E-state index contributed by atoms with van der Waals surface area (Å²) in [5, 5.41) is 0. The molecular formula is C20H20N2O7S. The molecule has 9 nitrogen and oxygen atoms in total. The third-order valence-corrected chi connectivity index (χ3v) is 6.16. The molecule has 158 valence electrons. The number of hydrogen-bond acceptors (Lipinski definition) is 7. The Balaban J connectivity index is 1.75. The lowest BCUT2D eigenvalue weighted by Gasteiger charge is -2.20. The summed E-state index contributed by atoms with van der Waals surface area (Å²) in [7, 11) is -1.48. The van der Waals surface area contributed by atoms with Gasteiger partial charge < -0.3 is 9.47 Å². The number of hydrogen-bond donors (Lipinski definition) is 1. The van der Waals surface area contributed by atoms with Gasteiger partial charge in [-0.3, -0.25) is 19.3 Å². The Morgan fingerprint density at radius 3 is 2.07 bits per heavy atom. The number of amides is 2. The first-order valence-electron chi connectivity index (χ1n) is 8.98. The van der Waals surface area contributed by atoms with Crippen LogP contribution in [0.15, 0.2) is 53.4 Å². The lowest BCUT2D eigenvalue weighted by atomic mass is 10.1. The standard InChI is InChI=1S/C20H20N2O7S/c1-28-13-7-9-14(10-8-13)30(26,27)21-17(20(25)29-2)11-12-22-18(23)15-5-3-4-6-16(15)19(22)24/h3-10,17,21H,11-12H2,1-2H3. The second kappa shape index (κ2) is 8.64. The number of sulfonamides is 1. The first-order chi connectivity index (χ1) is 14.3. The van der Waals surface area contributed by atoms with Crippen molar-refractivity contribution in [3.8, 4) is 5.75 Å². The van der Waals surface area contributed by atoms with Crippen molar-refractivity contribution >= 4 is 27.8 Å². The number of fused-ring (bicyclic) bond motifs is 1. The van der Waals surface area contributed by atoms with Gasteiger partial charge in [-0.2, -0.15) is 4.72 Å². The summed E-state index contributed by atoms with van der Waals surface area (Å²) >= 11 is 0. The number of rotatable bonds is 8. The van der Waals surface area contributed by atoms with Crippen LogP contribution >= 0.6 is 0 Å². The maximum Gasteiger partial charge on any atom is 0.323 e. The SMILES string of the molecule is COC(=O)C(CCN1C(=O)c2ccccc2C1=O)NS(=O)(=O)c1ccc(OC)cc1. The Morgan fingerprint density at radius 1 is 1.00 bits per heavy atom. The first-order valence-corrected chi connectivity index (χ1v) is 10.5. The molecule has 1 aliphatic heterocycles. The number of methoxy groups -OCH3 is 2. The second-order valence-corrected chi connectivity index (χ2v) is 8.18. The highest BCUT2D eigenvalue weighted by molar-refractivity contribution is 7.89. The summed E-state index contributed by atoms with van der Waals surface area (Å²) in [5.74, 6) is -1.33. The van der Waals surface area contributed by atoms with Crippen LogP contribution in [-0.4, -0.2) is 57.9 Å². The molecule has 0 aliphatic carbocycles. The van der Waals surface area contributed by atoms with E-state index in [9.17, 15) is 22.8 Å². The van der Waals surface area contributed by atoms with Crippen LogP contribution in [0.3, 0.4) is 0 Å². The van der Waals surface area contributed by atoms with Gasteiger partial charge in [0.25, 0.3) is 11.8 Å². The highest BCUT2D eigenvalue weighted by Gasteiger charge is 2.36. The molecule has 1 aliphatic rings. The van der Waals surface area contributed by atoms with Crippen molar-refractivity contribution in [2.45, 2.75) is 17.4 Å². The van der Waals surface area contributed by atoms with Crippen LogP contribution in [0.25, 0.3) is 0 Å². The summed E-state index contributed by atoms with van der Waals surface area (Å²) in [6, 6.07) is 10.7. The van der Waals surface area contributed by atoms with Crippen LogP contribution in [0.1, 0.15) is 27.1 Å². The molecule has 0 fully saturated rings. The Labute approximate surface area is 173 Å². The molecule has 0 radical (unpaired) electrons. The van der Waals surface area contributed by atoms with E-state index in [1.165, 1.54) is 31.4 Å². The third kappa shape index (κ3) is 4.19. The monoisotopic (exact) mass is 432 g/mol. The maximum absolute atomic E-state index is 12.7. The fourth-order valence-electron chi connectivity index (χ4n) is 3.08. The minimum absolute atomic E-state index is 0.0714. The molecule has 0 saturated heterocycles. The molecule has 1 heterocycles. The number of carbonyl (C=O) groups excluding carboxylic acids is 3. The van der Waals surface area contributed by atoms with Crippen molar-refractivity contribution in [2.24, 2.45) is 0 Å². The number of esters is 1. The van der Waals surface area contributed by atoms with Crippen LogP contribution in [-0.2, 0) is 19.6 Å². The van der Waals surface area contributed by atoms with E-state index < -0.39 is 33.8 Å². The Hall–Kier alpha value is -3.24. The third-order valence-electron chi connectivity index (χ3n) is 4.67. The molecule has 2 aromatic carbocycles. The molecule has 3 rings (SSSR count). The van der Waals surface area contributed by atoms with Gasteiger partial charge in [0.1, 0.15) is 11.8 Å². The van der Waals surface area contributed by atoms with Gasteiger partial charge >= 0.3 is 5.97 Å². The largest absolute Gasteiger partial charge is 0.497 e. The molecule has 2 amide bonds. The van der Waals surface area contributed by atoms with Crippen molar-refractivity contribution in [1.82, 2.24) is 9.62 Å². The number of carbonyl (C=O) groups is 3. The summed E-state index contributed by atoms with van der Waals surface area (Å²) in [6.45, 7) is -0.156. The molecular weight excluding hydrogens is 412 g/mol. The van der Waals surface area contributed by atoms with Crippen LogP contribution in [0.5, 0.6) is 5.75 Å². The zero-order valence-corrected chi connectivity index (χ0v) is 17.1. The van der Waals surface area contributed by atoms with E-state index in [2.05, 4.69) is 9.46 Å². The van der Waals surface area contributed by atoms with Gasteiger partial charge in [-0.15, -0.1) is 0 Å². The van der Waals surface area contributed by atoms with E-state index in [0.29, 0.717) is 5.75 Å². The molecule has 10 heteroatoms. The topological polar surface area (TPSA) is 119 Å². The Bertz CT molecular complexity index is 1050. The Morgan fingerprint density at radius 2 is 1.57 bits per heavy atom. The quantitative estimate of drug-likeness (QED) is 0.492. The van der Waals surface area contributed by atoms with E-state index >= 15 is 0 Å². The zero-order valence-electron chi connectivity index (χ0n) is 16.3. The number of benzene rings is 2. The average Bonchev–Trinajstić information content (AvgIpc) is 3.00. The van der Waals surface area contributed by atoms with Crippen LogP contribution in [0.2, 0.25) is 0 Å². The predicted octanol–water partition coefficient (Wildman–Crippen LogP) is 1.20. The lowest BCUT2D eigenvalue weighted by molar-refractivity contribution is -0.142. The van der Waals surface area contributed by atoms with Gasteiger partial charge in [0.2, 0.25) is 10.0 Å². The molecule has 1 unspecified atom stereocenters. The molecule has 0 aromatic heterocycles. The van der Waals surface area contributed by atoms with E-state index in [4.69, 9.17) is 4.74 Å². The summed E-state index contributed by atoms with van der Waals surface area (Å²) in [6.07, 6.45) is -0.145. The molecule has 30 heavy (non-hydrogen) atoms. The number of nitrogens with one attached hydrogen (secondary N) is 1. The first kappa shape index (κ1) is 21.5. The van der Waals surface area contributed by atoms with Crippen molar-refractivity contribution in [3.63, 3.8) is 0 Å². The van der Waals surface area contributed by atoms with Gasteiger partial charge in [0.15, 0.2) is 0 Å². The predicted molar refractivity (Wildman–Crippen MR) is 106 cm³/mol. The summed E-state index contributed by atoms with van der Waals surface area (Å²) < 4.78 is 37.3. The van der Waals surface area contributed by atoms with Gasteiger partial charge in [0.05, 0.1) is 30.2 Å². The minimum Gasteiger partial charge on any atom is -0.497 e. The molecule has 2 aromatic rings. The van der Waals surface area contributed by atoms with Crippen molar-refractivity contribution in [2.75, 3.05) is 20.8 Å². The van der Waals surface area contributed by atoms with E-state index in [1.807, 2.05) is 0 Å². The number of imide groups is 1. The maximum atomic E-state index is 12.7. The Kier molecular flexibility index (Phi) is 6.18. The molecule has 0 bridgehead atoms. The smallest absolute Gasteiger partial charge is 0.323 e.